The Morgan fingerprint density at radius 2 is 2.21 bits per heavy atom. The molecule has 3 nitrogen and oxygen atoms in total. The number of hydrogen-bond donors (Lipinski definition) is 1. The summed E-state index contributed by atoms with van der Waals surface area (Å²) < 4.78 is 6.12. The Morgan fingerprint density at radius 3 is 2.95 bits per heavy atom. The molecule has 0 aliphatic carbocycles. The Balaban J connectivity index is 2.24. The fraction of sp³-hybridized carbons (Fsp3) is 0.357. The van der Waals surface area contributed by atoms with Crippen molar-refractivity contribution in [2.24, 2.45) is 5.73 Å². The summed E-state index contributed by atoms with van der Waals surface area (Å²) in [6, 6.07) is 7.53. The molecule has 1 aromatic heterocycles. The Morgan fingerprint density at radius 1 is 1.42 bits per heavy atom. The molecular weight excluding hydrogens is 326 g/mol. The molecule has 19 heavy (non-hydrogen) atoms. The molecule has 1 atom stereocenters. The predicted molar refractivity (Wildman–Crippen MR) is 84.6 cm³/mol. The van der Waals surface area contributed by atoms with Crippen LogP contribution >= 0.6 is 27.7 Å². The largest absolute Gasteiger partial charge is 0.423 e. The first kappa shape index (κ1) is 14.6. The average Bonchev–Trinajstić information content (AvgIpc) is 2.37. The lowest BCUT2D eigenvalue weighted by molar-refractivity contribution is 0.559. The van der Waals surface area contributed by atoms with Crippen molar-refractivity contribution in [1.82, 2.24) is 0 Å². The maximum atomic E-state index is 11.6. The van der Waals surface area contributed by atoms with Gasteiger partial charge < -0.3 is 10.2 Å². The smallest absolute Gasteiger partial charge is 0.336 e. The predicted octanol–water partition coefficient (Wildman–Crippen LogP) is 3.53. The van der Waals surface area contributed by atoms with Crippen LogP contribution in [0.15, 0.2) is 37.9 Å². The maximum absolute atomic E-state index is 11.6. The molecule has 0 bridgehead atoms. The number of benzene rings is 1. The molecule has 2 aromatic rings. The second-order valence-corrected chi connectivity index (χ2v) is 6.36. The number of rotatable bonds is 5. The van der Waals surface area contributed by atoms with Gasteiger partial charge in [-0.15, -0.1) is 0 Å². The monoisotopic (exact) mass is 341 g/mol. The number of halogens is 1. The number of fused-ring (bicyclic) bond motifs is 1. The van der Waals surface area contributed by atoms with Crippen molar-refractivity contribution in [3.8, 4) is 0 Å². The van der Waals surface area contributed by atoms with E-state index in [9.17, 15) is 4.79 Å². The van der Waals surface area contributed by atoms with Crippen molar-refractivity contribution in [3.63, 3.8) is 0 Å². The van der Waals surface area contributed by atoms with Crippen molar-refractivity contribution in [2.45, 2.75) is 25.1 Å². The minimum atomic E-state index is -0.305. The van der Waals surface area contributed by atoms with Gasteiger partial charge in [-0.05, 0) is 30.2 Å². The van der Waals surface area contributed by atoms with Crippen LogP contribution in [0.1, 0.15) is 18.9 Å². The van der Waals surface area contributed by atoms with Crippen LogP contribution in [0.5, 0.6) is 0 Å². The fourth-order valence-corrected chi connectivity index (χ4v) is 3.22. The maximum Gasteiger partial charge on any atom is 0.336 e. The first-order valence-corrected chi connectivity index (χ1v) is 8.10. The van der Waals surface area contributed by atoms with E-state index < -0.39 is 0 Å². The third-order valence-corrected chi connectivity index (χ3v) is 4.58. The Hall–Kier alpha value is -0.780. The minimum Gasteiger partial charge on any atom is -0.423 e. The van der Waals surface area contributed by atoms with Gasteiger partial charge in [0.2, 0.25) is 0 Å². The van der Waals surface area contributed by atoms with Crippen LogP contribution in [0.2, 0.25) is 0 Å². The molecule has 1 unspecified atom stereocenters. The molecule has 0 fully saturated rings. The zero-order valence-corrected chi connectivity index (χ0v) is 13.1. The van der Waals surface area contributed by atoms with Crippen molar-refractivity contribution < 1.29 is 4.42 Å². The van der Waals surface area contributed by atoms with E-state index in [1.807, 2.05) is 18.2 Å². The number of hydrogen-bond acceptors (Lipinski definition) is 4. The van der Waals surface area contributed by atoms with Crippen LogP contribution in [0.25, 0.3) is 11.0 Å². The van der Waals surface area contributed by atoms with Crippen LogP contribution in [-0.2, 0) is 5.75 Å². The molecule has 0 amide bonds. The third-order valence-electron chi connectivity index (χ3n) is 2.91. The first-order valence-electron chi connectivity index (χ1n) is 6.15. The fourth-order valence-electron chi connectivity index (χ4n) is 1.76. The molecule has 102 valence electrons. The zero-order chi connectivity index (χ0) is 13.8. The van der Waals surface area contributed by atoms with Crippen LogP contribution in [-0.4, -0.2) is 11.8 Å². The summed E-state index contributed by atoms with van der Waals surface area (Å²) in [5.74, 6) is 1.67. The summed E-state index contributed by atoms with van der Waals surface area (Å²) in [5, 5.41) is 0.986. The normalized spacial score (nSPS) is 12.8. The molecule has 0 spiro atoms. The van der Waals surface area contributed by atoms with Gasteiger partial charge in [-0.3, -0.25) is 0 Å². The topological polar surface area (TPSA) is 56.2 Å². The second kappa shape index (κ2) is 6.59. The van der Waals surface area contributed by atoms with Crippen LogP contribution < -0.4 is 11.4 Å². The lowest BCUT2D eigenvalue weighted by Gasteiger charge is -2.09. The molecule has 0 radical (unpaired) electrons. The second-order valence-electron chi connectivity index (χ2n) is 4.41. The summed E-state index contributed by atoms with van der Waals surface area (Å²) in [5.41, 5.74) is 7.22. The minimum absolute atomic E-state index is 0.213. The summed E-state index contributed by atoms with van der Waals surface area (Å²) in [7, 11) is 0. The van der Waals surface area contributed by atoms with E-state index in [0.29, 0.717) is 5.58 Å². The molecular formula is C14H16BrNO2S. The Labute approximate surface area is 124 Å². The van der Waals surface area contributed by atoms with Gasteiger partial charge in [0.05, 0.1) is 0 Å². The number of thioether (sulfide) groups is 1. The Bertz CT molecular complexity index is 626. The van der Waals surface area contributed by atoms with Gasteiger partial charge in [-0.2, -0.15) is 11.8 Å². The van der Waals surface area contributed by atoms with E-state index in [4.69, 9.17) is 10.2 Å². The van der Waals surface area contributed by atoms with E-state index in [1.165, 1.54) is 0 Å². The van der Waals surface area contributed by atoms with E-state index in [2.05, 4.69) is 22.9 Å². The van der Waals surface area contributed by atoms with Crippen molar-refractivity contribution >= 4 is 38.7 Å². The van der Waals surface area contributed by atoms with E-state index in [-0.39, 0.29) is 11.7 Å². The molecule has 2 N–H and O–H groups in total. The third kappa shape index (κ3) is 3.84. The standard InChI is InChI=1S/C14H16BrNO2S/c1-2-11(16)8-19-7-9-5-14(17)18-13-6-10(15)3-4-12(9)13/h3-6,11H,2,7-8,16H2,1H3. The summed E-state index contributed by atoms with van der Waals surface area (Å²) in [6.07, 6.45) is 0.970. The van der Waals surface area contributed by atoms with Crippen molar-refractivity contribution in [3.05, 3.63) is 44.7 Å². The van der Waals surface area contributed by atoms with Crippen molar-refractivity contribution in [1.29, 1.82) is 0 Å². The molecule has 2 rings (SSSR count). The van der Waals surface area contributed by atoms with Gasteiger partial charge in [0.15, 0.2) is 0 Å². The molecule has 0 aliphatic heterocycles. The molecule has 1 heterocycles. The van der Waals surface area contributed by atoms with E-state index >= 15 is 0 Å². The SMILES string of the molecule is CCC(N)CSCc1cc(=O)oc2cc(Br)ccc12. The van der Waals surface area contributed by atoms with E-state index in [0.717, 1.165) is 33.3 Å². The zero-order valence-electron chi connectivity index (χ0n) is 10.7. The number of nitrogens with two attached hydrogens (primary N) is 1. The highest BCUT2D eigenvalue weighted by Gasteiger charge is 2.07. The Kier molecular flexibility index (Phi) is 5.07. The van der Waals surface area contributed by atoms with Gasteiger partial charge in [-0.1, -0.05) is 22.9 Å². The first-order chi connectivity index (χ1) is 9.10. The quantitative estimate of drug-likeness (QED) is 0.845. The molecule has 0 aliphatic rings. The molecule has 5 heteroatoms. The highest BCUT2D eigenvalue weighted by molar-refractivity contribution is 9.10. The van der Waals surface area contributed by atoms with Gasteiger partial charge in [0, 0.05) is 33.5 Å². The molecule has 0 saturated carbocycles. The van der Waals surface area contributed by atoms with Crippen molar-refractivity contribution in [2.75, 3.05) is 5.75 Å². The van der Waals surface area contributed by atoms with Crippen LogP contribution in [0, 0.1) is 0 Å². The summed E-state index contributed by atoms with van der Waals surface area (Å²) >= 11 is 5.13. The average molecular weight is 342 g/mol. The van der Waals surface area contributed by atoms with Crippen LogP contribution in [0.3, 0.4) is 0 Å². The highest BCUT2D eigenvalue weighted by atomic mass is 79.9. The van der Waals surface area contributed by atoms with Gasteiger partial charge in [-0.25, -0.2) is 4.79 Å². The molecule has 0 saturated heterocycles. The van der Waals surface area contributed by atoms with Gasteiger partial charge >= 0.3 is 5.63 Å². The lowest BCUT2D eigenvalue weighted by Crippen LogP contribution is -2.21. The van der Waals surface area contributed by atoms with E-state index in [1.54, 1.807) is 17.8 Å². The summed E-state index contributed by atoms with van der Waals surface area (Å²) in [6.45, 7) is 2.08. The van der Waals surface area contributed by atoms with Gasteiger partial charge in [0.25, 0.3) is 0 Å². The lowest BCUT2D eigenvalue weighted by atomic mass is 10.1. The van der Waals surface area contributed by atoms with Crippen LogP contribution in [0.4, 0.5) is 0 Å². The molecule has 1 aromatic carbocycles. The summed E-state index contributed by atoms with van der Waals surface area (Å²) in [4.78, 5) is 11.6. The van der Waals surface area contributed by atoms with Gasteiger partial charge in [0.1, 0.15) is 5.58 Å². The highest BCUT2D eigenvalue weighted by Crippen LogP contribution is 2.24.